The Balaban J connectivity index is 2.64. The fraction of sp³-hybridized carbons (Fsp3) is 0.667. The largest absolute Gasteiger partial charge is 0.453 e. The van der Waals surface area contributed by atoms with E-state index in [1.165, 1.54) is 0 Å². The highest BCUT2D eigenvalue weighted by molar-refractivity contribution is 4.93. The molecule has 0 amide bonds. The molecule has 7 heteroatoms. The summed E-state index contributed by atoms with van der Waals surface area (Å²) in [7, 11) is 0. The van der Waals surface area contributed by atoms with Gasteiger partial charge in [-0.25, -0.2) is 4.98 Å². The van der Waals surface area contributed by atoms with E-state index in [2.05, 4.69) is 20.5 Å². The van der Waals surface area contributed by atoms with Gasteiger partial charge in [-0.05, 0) is 6.54 Å². The Kier molecular flexibility index (Phi) is 2.86. The van der Waals surface area contributed by atoms with Gasteiger partial charge in [0.2, 0.25) is 0 Å². The SMILES string of the molecule is CCNCc1nc(C(F)(F)F)n[nH]1. The van der Waals surface area contributed by atoms with Gasteiger partial charge in [0.1, 0.15) is 5.82 Å². The minimum absolute atomic E-state index is 0.189. The predicted molar refractivity (Wildman–Crippen MR) is 38.8 cm³/mol. The second kappa shape index (κ2) is 3.73. The predicted octanol–water partition coefficient (Wildman–Crippen LogP) is 0.933. The molecule has 0 aromatic carbocycles. The molecule has 13 heavy (non-hydrogen) atoms. The number of aromatic nitrogens is 3. The van der Waals surface area contributed by atoms with Gasteiger partial charge in [0, 0.05) is 0 Å². The van der Waals surface area contributed by atoms with Crippen LogP contribution in [-0.4, -0.2) is 21.7 Å². The lowest BCUT2D eigenvalue weighted by Crippen LogP contribution is -2.13. The number of nitrogens with zero attached hydrogens (tertiary/aromatic N) is 2. The molecule has 74 valence electrons. The van der Waals surface area contributed by atoms with Crippen LogP contribution in [0, 0.1) is 0 Å². The van der Waals surface area contributed by atoms with Gasteiger partial charge < -0.3 is 5.32 Å². The molecule has 0 saturated heterocycles. The Morgan fingerprint density at radius 2 is 2.15 bits per heavy atom. The molecule has 4 nitrogen and oxygen atoms in total. The quantitative estimate of drug-likeness (QED) is 0.752. The monoisotopic (exact) mass is 194 g/mol. The normalized spacial score (nSPS) is 12.0. The number of aromatic amines is 1. The molecule has 0 fully saturated rings. The molecule has 1 aromatic rings. The van der Waals surface area contributed by atoms with Gasteiger partial charge in [-0.2, -0.15) is 13.2 Å². The van der Waals surface area contributed by atoms with Crippen molar-refractivity contribution in [3.8, 4) is 0 Å². The van der Waals surface area contributed by atoms with Crippen LogP contribution < -0.4 is 5.32 Å². The molecule has 0 aliphatic heterocycles. The van der Waals surface area contributed by atoms with Crippen LogP contribution in [0.5, 0.6) is 0 Å². The van der Waals surface area contributed by atoms with Crippen molar-refractivity contribution < 1.29 is 13.2 Å². The maximum atomic E-state index is 12.0. The Morgan fingerprint density at radius 1 is 1.46 bits per heavy atom. The summed E-state index contributed by atoms with van der Waals surface area (Å²) < 4.78 is 35.9. The Labute approximate surface area is 72.6 Å². The van der Waals surface area contributed by atoms with E-state index in [-0.39, 0.29) is 12.4 Å². The first-order valence-corrected chi connectivity index (χ1v) is 3.73. The first-order chi connectivity index (χ1) is 6.04. The van der Waals surface area contributed by atoms with Gasteiger partial charge in [-0.1, -0.05) is 6.92 Å². The smallest absolute Gasteiger partial charge is 0.310 e. The average molecular weight is 194 g/mol. The topological polar surface area (TPSA) is 53.6 Å². The number of H-pyrrole nitrogens is 1. The Bertz CT molecular complexity index is 267. The fourth-order valence-corrected chi connectivity index (χ4v) is 0.745. The number of nitrogens with one attached hydrogen (secondary N) is 2. The van der Waals surface area contributed by atoms with E-state index in [9.17, 15) is 13.2 Å². The third-order valence-electron chi connectivity index (χ3n) is 1.33. The number of halogens is 3. The van der Waals surface area contributed by atoms with Crippen molar-refractivity contribution in [2.24, 2.45) is 0 Å². The van der Waals surface area contributed by atoms with Crippen molar-refractivity contribution in [3.05, 3.63) is 11.6 Å². The van der Waals surface area contributed by atoms with Crippen LogP contribution in [0.2, 0.25) is 0 Å². The zero-order valence-corrected chi connectivity index (χ0v) is 6.94. The van der Waals surface area contributed by atoms with Gasteiger partial charge in [-0.15, -0.1) is 5.10 Å². The highest BCUT2D eigenvalue weighted by Gasteiger charge is 2.35. The summed E-state index contributed by atoms with van der Waals surface area (Å²) in [6, 6.07) is 0. The lowest BCUT2D eigenvalue weighted by Gasteiger charge is -1.97. The zero-order valence-electron chi connectivity index (χ0n) is 6.94. The van der Waals surface area contributed by atoms with Crippen molar-refractivity contribution >= 4 is 0 Å². The highest BCUT2D eigenvalue weighted by Crippen LogP contribution is 2.25. The molecular formula is C6H9F3N4. The molecule has 0 aliphatic rings. The molecule has 1 heterocycles. The van der Waals surface area contributed by atoms with Crippen LogP contribution in [0.15, 0.2) is 0 Å². The van der Waals surface area contributed by atoms with Gasteiger partial charge in [0.15, 0.2) is 0 Å². The van der Waals surface area contributed by atoms with Crippen molar-refractivity contribution in [2.45, 2.75) is 19.6 Å². The van der Waals surface area contributed by atoms with Crippen molar-refractivity contribution in [1.82, 2.24) is 20.5 Å². The maximum absolute atomic E-state index is 12.0. The minimum atomic E-state index is -4.47. The molecule has 1 aromatic heterocycles. The lowest BCUT2D eigenvalue weighted by molar-refractivity contribution is -0.144. The molecule has 0 atom stereocenters. The summed E-state index contributed by atoms with van der Waals surface area (Å²) in [5.74, 6) is -0.936. The Morgan fingerprint density at radius 3 is 2.62 bits per heavy atom. The van der Waals surface area contributed by atoms with Gasteiger partial charge in [-0.3, -0.25) is 5.10 Å². The van der Waals surface area contributed by atoms with Crippen molar-refractivity contribution in [2.75, 3.05) is 6.54 Å². The molecule has 0 saturated carbocycles. The van der Waals surface area contributed by atoms with Gasteiger partial charge >= 0.3 is 6.18 Å². The number of alkyl halides is 3. The van der Waals surface area contributed by atoms with Crippen LogP contribution in [0.3, 0.4) is 0 Å². The van der Waals surface area contributed by atoms with Gasteiger partial charge in [0.25, 0.3) is 5.82 Å². The van der Waals surface area contributed by atoms with E-state index >= 15 is 0 Å². The van der Waals surface area contributed by atoms with Crippen molar-refractivity contribution in [3.63, 3.8) is 0 Å². The molecule has 1 rings (SSSR count). The summed E-state index contributed by atoms with van der Waals surface area (Å²) in [6.07, 6.45) is -4.47. The van der Waals surface area contributed by atoms with Crippen molar-refractivity contribution in [1.29, 1.82) is 0 Å². The van der Waals surface area contributed by atoms with Gasteiger partial charge in [0.05, 0.1) is 6.54 Å². The van der Waals surface area contributed by atoms with E-state index in [4.69, 9.17) is 0 Å². The summed E-state index contributed by atoms with van der Waals surface area (Å²) >= 11 is 0. The molecule has 0 spiro atoms. The third-order valence-corrected chi connectivity index (χ3v) is 1.33. The minimum Gasteiger partial charge on any atom is -0.310 e. The molecule has 0 bridgehead atoms. The molecule has 0 aliphatic carbocycles. The maximum Gasteiger partial charge on any atom is 0.453 e. The second-order valence-corrected chi connectivity index (χ2v) is 2.38. The molecule has 2 N–H and O–H groups in total. The van der Waals surface area contributed by atoms with E-state index < -0.39 is 12.0 Å². The van der Waals surface area contributed by atoms with E-state index in [1.807, 2.05) is 6.92 Å². The van der Waals surface area contributed by atoms with Crippen LogP contribution in [0.4, 0.5) is 13.2 Å². The Hall–Kier alpha value is -1.11. The summed E-state index contributed by atoms with van der Waals surface area (Å²) in [5, 5.41) is 8.07. The highest BCUT2D eigenvalue weighted by atomic mass is 19.4. The summed E-state index contributed by atoms with van der Waals surface area (Å²) in [6.45, 7) is 2.78. The van der Waals surface area contributed by atoms with Crippen LogP contribution in [-0.2, 0) is 12.7 Å². The van der Waals surface area contributed by atoms with E-state index in [0.717, 1.165) is 0 Å². The molecule has 0 unspecified atom stereocenters. The molecule has 0 radical (unpaired) electrons. The van der Waals surface area contributed by atoms with Crippen LogP contribution in [0.1, 0.15) is 18.6 Å². The summed E-state index contributed by atoms with van der Waals surface area (Å²) in [4.78, 5) is 3.26. The third kappa shape index (κ3) is 2.69. The number of rotatable bonds is 3. The van der Waals surface area contributed by atoms with Crippen LogP contribution >= 0.6 is 0 Å². The van der Waals surface area contributed by atoms with E-state index in [0.29, 0.717) is 6.54 Å². The first-order valence-electron chi connectivity index (χ1n) is 3.73. The first kappa shape index (κ1) is 9.97. The number of hydrogen-bond acceptors (Lipinski definition) is 3. The fourth-order valence-electron chi connectivity index (χ4n) is 0.745. The number of hydrogen-bond donors (Lipinski definition) is 2. The molecular weight excluding hydrogens is 185 g/mol. The zero-order chi connectivity index (χ0) is 9.90. The van der Waals surface area contributed by atoms with Crippen LogP contribution in [0.25, 0.3) is 0 Å². The van der Waals surface area contributed by atoms with E-state index in [1.54, 1.807) is 0 Å². The average Bonchev–Trinajstić information content (AvgIpc) is 2.47. The summed E-state index contributed by atoms with van der Waals surface area (Å²) in [5.41, 5.74) is 0. The second-order valence-electron chi connectivity index (χ2n) is 2.38. The lowest BCUT2D eigenvalue weighted by atomic mass is 10.5. The standard InChI is InChI=1S/C6H9F3N4/c1-2-10-3-4-11-5(13-12-4)6(7,8)9/h10H,2-3H2,1H3,(H,11,12,13).